The van der Waals surface area contributed by atoms with Crippen LogP contribution >= 0.6 is 0 Å². The molecule has 0 bridgehead atoms. The van der Waals surface area contributed by atoms with E-state index in [9.17, 15) is 9.59 Å². The fraction of sp³-hybridized carbons (Fsp3) is 0.353. The predicted octanol–water partition coefficient (Wildman–Crippen LogP) is 2.06. The van der Waals surface area contributed by atoms with Gasteiger partial charge in [-0.3, -0.25) is 9.59 Å². The van der Waals surface area contributed by atoms with Gasteiger partial charge < -0.3 is 14.4 Å². The summed E-state index contributed by atoms with van der Waals surface area (Å²) in [7, 11) is 3.12. The van der Waals surface area contributed by atoms with Crippen LogP contribution in [0.5, 0.6) is 11.5 Å². The highest BCUT2D eigenvalue weighted by Crippen LogP contribution is 2.31. The predicted molar refractivity (Wildman–Crippen MR) is 85.0 cm³/mol. The van der Waals surface area contributed by atoms with Crippen molar-refractivity contribution in [3.05, 3.63) is 30.0 Å². The second kappa shape index (κ2) is 6.24. The molecule has 1 saturated heterocycles. The number of hydrogen-bond donors (Lipinski definition) is 0. The Morgan fingerprint density at radius 2 is 1.83 bits per heavy atom. The Labute approximate surface area is 134 Å². The van der Waals surface area contributed by atoms with Crippen molar-refractivity contribution in [3.63, 3.8) is 0 Å². The minimum Gasteiger partial charge on any atom is -0.496 e. The zero-order chi connectivity index (χ0) is 16.4. The highest BCUT2D eigenvalue weighted by Gasteiger charge is 2.24. The number of likely N-dealkylation sites (tertiary alicyclic amines) is 1. The molecule has 2 aromatic rings. The first kappa shape index (κ1) is 15.3. The van der Waals surface area contributed by atoms with Crippen molar-refractivity contribution in [1.82, 2.24) is 9.88 Å². The molecule has 1 amide bonds. The van der Waals surface area contributed by atoms with E-state index in [4.69, 9.17) is 9.47 Å². The number of ether oxygens (including phenoxy) is 2. The number of Topliss-reactive ketones (excluding diaryl/α,β-unsaturated/α-hetero) is 1. The molecule has 1 aromatic carbocycles. The summed E-state index contributed by atoms with van der Waals surface area (Å²) in [6.07, 6.45) is 0.805. The van der Waals surface area contributed by atoms with Gasteiger partial charge in [0.25, 0.3) is 5.91 Å². The first-order chi connectivity index (χ1) is 11.1. The number of carbonyl (C=O) groups excluding carboxylic acids is 2. The Bertz CT molecular complexity index is 763. The summed E-state index contributed by atoms with van der Waals surface area (Å²) < 4.78 is 10.7. The number of ketones is 1. The summed E-state index contributed by atoms with van der Waals surface area (Å²) in [5.74, 6) is 1.16. The van der Waals surface area contributed by atoms with Crippen molar-refractivity contribution in [1.29, 1.82) is 0 Å². The van der Waals surface area contributed by atoms with Crippen LogP contribution in [0.1, 0.15) is 23.3 Å². The molecule has 120 valence electrons. The van der Waals surface area contributed by atoms with Crippen molar-refractivity contribution in [3.8, 4) is 11.5 Å². The SMILES string of the molecule is COc1cc(C(=O)N2CCC(=O)CC2)nc2c(OC)cccc12. The summed E-state index contributed by atoms with van der Waals surface area (Å²) in [6, 6.07) is 7.16. The first-order valence-corrected chi connectivity index (χ1v) is 7.46. The van der Waals surface area contributed by atoms with Crippen molar-refractivity contribution < 1.29 is 19.1 Å². The number of pyridine rings is 1. The molecular weight excluding hydrogens is 296 g/mol. The average Bonchev–Trinajstić information content (AvgIpc) is 2.60. The number of methoxy groups -OCH3 is 2. The molecule has 1 aliphatic heterocycles. The van der Waals surface area contributed by atoms with E-state index in [2.05, 4.69) is 4.98 Å². The van der Waals surface area contributed by atoms with E-state index >= 15 is 0 Å². The van der Waals surface area contributed by atoms with Gasteiger partial charge in [-0.1, -0.05) is 6.07 Å². The molecule has 1 aliphatic rings. The molecule has 6 heteroatoms. The maximum Gasteiger partial charge on any atom is 0.272 e. The molecule has 1 aromatic heterocycles. The minimum atomic E-state index is -0.191. The van der Waals surface area contributed by atoms with Gasteiger partial charge in [-0.25, -0.2) is 4.98 Å². The van der Waals surface area contributed by atoms with Crippen LogP contribution in [0.3, 0.4) is 0 Å². The molecule has 0 saturated carbocycles. The van der Waals surface area contributed by atoms with E-state index in [-0.39, 0.29) is 11.7 Å². The third-order valence-electron chi connectivity index (χ3n) is 4.03. The largest absolute Gasteiger partial charge is 0.496 e. The number of hydrogen-bond acceptors (Lipinski definition) is 5. The maximum atomic E-state index is 12.7. The number of rotatable bonds is 3. The summed E-state index contributed by atoms with van der Waals surface area (Å²) >= 11 is 0. The van der Waals surface area contributed by atoms with E-state index in [0.29, 0.717) is 48.6 Å². The van der Waals surface area contributed by atoms with Crippen LogP contribution in [0, 0.1) is 0 Å². The number of amides is 1. The standard InChI is InChI=1S/C17H18N2O4/c1-22-14-5-3-4-12-15(23-2)10-13(18-16(12)14)17(21)19-8-6-11(20)7-9-19/h3-5,10H,6-9H2,1-2H3. The third-order valence-corrected chi connectivity index (χ3v) is 4.03. The van der Waals surface area contributed by atoms with Gasteiger partial charge in [-0.15, -0.1) is 0 Å². The highest BCUT2D eigenvalue weighted by molar-refractivity contribution is 5.99. The lowest BCUT2D eigenvalue weighted by Crippen LogP contribution is -2.39. The van der Waals surface area contributed by atoms with Crippen LogP contribution in [0.2, 0.25) is 0 Å². The monoisotopic (exact) mass is 314 g/mol. The van der Waals surface area contributed by atoms with E-state index in [1.165, 1.54) is 0 Å². The number of nitrogens with zero attached hydrogens (tertiary/aromatic N) is 2. The molecule has 0 atom stereocenters. The molecule has 0 spiro atoms. The first-order valence-electron chi connectivity index (χ1n) is 7.46. The fourth-order valence-electron chi connectivity index (χ4n) is 2.76. The van der Waals surface area contributed by atoms with Crippen LogP contribution in [0.4, 0.5) is 0 Å². The van der Waals surface area contributed by atoms with Crippen molar-refractivity contribution in [2.24, 2.45) is 0 Å². The number of fused-ring (bicyclic) bond motifs is 1. The fourth-order valence-corrected chi connectivity index (χ4v) is 2.76. The molecule has 0 N–H and O–H groups in total. The van der Waals surface area contributed by atoms with Gasteiger partial charge in [0.05, 0.1) is 14.2 Å². The smallest absolute Gasteiger partial charge is 0.272 e. The second-order valence-corrected chi connectivity index (χ2v) is 5.40. The van der Waals surface area contributed by atoms with Crippen molar-refractivity contribution >= 4 is 22.6 Å². The van der Waals surface area contributed by atoms with Crippen LogP contribution in [0.25, 0.3) is 10.9 Å². The number of carbonyl (C=O) groups is 2. The number of benzene rings is 1. The Hall–Kier alpha value is -2.63. The van der Waals surface area contributed by atoms with E-state index in [1.54, 1.807) is 31.3 Å². The van der Waals surface area contributed by atoms with Crippen LogP contribution < -0.4 is 9.47 Å². The van der Waals surface area contributed by atoms with Gasteiger partial charge in [-0.2, -0.15) is 0 Å². The summed E-state index contributed by atoms with van der Waals surface area (Å²) in [5.41, 5.74) is 0.888. The summed E-state index contributed by atoms with van der Waals surface area (Å²) in [5, 5.41) is 0.789. The summed E-state index contributed by atoms with van der Waals surface area (Å²) in [4.78, 5) is 30.1. The maximum absolute atomic E-state index is 12.7. The van der Waals surface area contributed by atoms with E-state index < -0.39 is 0 Å². The Morgan fingerprint density at radius 3 is 2.48 bits per heavy atom. The molecule has 1 fully saturated rings. The zero-order valence-electron chi connectivity index (χ0n) is 13.2. The lowest BCUT2D eigenvalue weighted by molar-refractivity contribution is -0.120. The molecule has 3 rings (SSSR count). The highest BCUT2D eigenvalue weighted by atomic mass is 16.5. The van der Waals surface area contributed by atoms with Crippen molar-refractivity contribution in [2.45, 2.75) is 12.8 Å². The Morgan fingerprint density at radius 1 is 1.13 bits per heavy atom. The molecule has 23 heavy (non-hydrogen) atoms. The van der Waals surface area contributed by atoms with Crippen LogP contribution in [-0.2, 0) is 4.79 Å². The van der Waals surface area contributed by atoms with Gasteiger partial charge in [0.15, 0.2) is 0 Å². The van der Waals surface area contributed by atoms with Crippen LogP contribution in [-0.4, -0.2) is 48.9 Å². The van der Waals surface area contributed by atoms with E-state index in [0.717, 1.165) is 5.39 Å². The molecule has 0 aliphatic carbocycles. The summed E-state index contributed by atoms with van der Waals surface area (Å²) in [6.45, 7) is 0.872. The molecule has 0 radical (unpaired) electrons. The molecule has 6 nitrogen and oxygen atoms in total. The van der Waals surface area contributed by atoms with Gasteiger partial charge in [0.1, 0.15) is 28.5 Å². The second-order valence-electron chi connectivity index (χ2n) is 5.40. The zero-order valence-corrected chi connectivity index (χ0v) is 13.2. The van der Waals surface area contributed by atoms with Gasteiger partial charge in [0, 0.05) is 37.4 Å². The topological polar surface area (TPSA) is 68.7 Å². The molecular formula is C17H18N2O4. The van der Waals surface area contributed by atoms with Gasteiger partial charge >= 0.3 is 0 Å². The van der Waals surface area contributed by atoms with Crippen molar-refractivity contribution in [2.75, 3.05) is 27.3 Å². The third kappa shape index (κ3) is 2.84. The lowest BCUT2D eigenvalue weighted by Gasteiger charge is -2.26. The Kier molecular flexibility index (Phi) is 4.14. The number of piperidine rings is 1. The quantitative estimate of drug-likeness (QED) is 0.867. The molecule has 2 heterocycles. The average molecular weight is 314 g/mol. The lowest BCUT2D eigenvalue weighted by atomic mass is 10.1. The van der Waals surface area contributed by atoms with Gasteiger partial charge in [0.2, 0.25) is 0 Å². The van der Waals surface area contributed by atoms with Gasteiger partial charge in [-0.05, 0) is 12.1 Å². The Balaban J connectivity index is 2.03. The molecule has 0 unspecified atom stereocenters. The minimum absolute atomic E-state index is 0.191. The van der Waals surface area contributed by atoms with E-state index in [1.807, 2.05) is 12.1 Å². The normalized spacial score (nSPS) is 14.9. The number of para-hydroxylation sites is 1. The number of aromatic nitrogens is 1. The van der Waals surface area contributed by atoms with Crippen LogP contribution in [0.15, 0.2) is 24.3 Å².